The normalized spacial score (nSPS) is 11.4. The van der Waals surface area contributed by atoms with Crippen molar-refractivity contribution in [1.82, 2.24) is 9.97 Å². The van der Waals surface area contributed by atoms with Gasteiger partial charge in [-0.3, -0.25) is 4.79 Å². The topological polar surface area (TPSA) is 45.8 Å². The second kappa shape index (κ2) is 6.13. The summed E-state index contributed by atoms with van der Waals surface area (Å²) in [5.41, 5.74) is 1.18. The molecule has 3 rings (SSSR count). The maximum atomic E-state index is 12.0. The monoisotopic (exact) mass is 350 g/mol. The first-order chi connectivity index (χ1) is 10.5. The molecule has 0 aliphatic carbocycles. The van der Waals surface area contributed by atoms with E-state index in [2.05, 4.69) is 9.97 Å². The molecular weight excluding hydrogens is 343 g/mol. The highest BCUT2D eigenvalue weighted by molar-refractivity contribution is 6.42. The van der Waals surface area contributed by atoms with Gasteiger partial charge in [-0.25, -0.2) is 4.98 Å². The molecule has 0 saturated heterocycles. The highest BCUT2D eigenvalue weighted by Crippen LogP contribution is 2.23. The van der Waals surface area contributed by atoms with Crippen LogP contribution in [0.5, 0.6) is 0 Å². The highest BCUT2D eigenvalue weighted by atomic mass is 35.5. The van der Waals surface area contributed by atoms with Gasteiger partial charge in [0.1, 0.15) is 5.82 Å². The Hall–Kier alpha value is -1.81. The van der Waals surface area contributed by atoms with E-state index in [-0.39, 0.29) is 5.56 Å². The Kier molecular flexibility index (Phi) is 4.21. The van der Waals surface area contributed by atoms with E-state index in [4.69, 9.17) is 34.8 Å². The molecule has 1 aromatic heterocycles. The summed E-state index contributed by atoms with van der Waals surface area (Å²) in [7, 11) is 0. The Morgan fingerprint density at radius 2 is 1.77 bits per heavy atom. The first kappa shape index (κ1) is 15.1. The van der Waals surface area contributed by atoms with E-state index in [1.807, 2.05) is 6.07 Å². The number of fused-ring (bicyclic) bond motifs is 1. The first-order valence-corrected chi connectivity index (χ1v) is 7.49. The summed E-state index contributed by atoms with van der Waals surface area (Å²) in [4.78, 5) is 19.1. The van der Waals surface area contributed by atoms with Crippen LogP contribution < -0.4 is 5.56 Å². The zero-order valence-electron chi connectivity index (χ0n) is 11.1. The van der Waals surface area contributed by atoms with Crippen LogP contribution in [0.1, 0.15) is 11.4 Å². The molecule has 0 radical (unpaired) electrons. The molecule has 2 aromatic carbocycles. The third-order valence-corrected chi connectivity index (χ3v) is 4.04. The van der Waals surface area contributed by atoms with Crippen LogP contribution in [0.3, 0.4) is 0 Å². The zero-order valence-corrected chi connectivity index (χ0v) is 13.4. The van der Waals surface area contributed by atoms with E-state index >= 15 is 0 Å². The average Bonchev–Trinajstić information content (AvgIpc) is 2.48. The predicted molar refractivity (Wildman–Crippen MR) is 92.8 cm³/mol. The van der Waals surface area contributed by atoms with E-state index in [9.17, 15) is 4.79 Å². The maximum absolute atomic E-state index is 12.0. The number of nitrogens with zero attached hydrogens (tertiary/aromatic N) is 1. The van der Waals surface area contributed by atoms with Crippen molar-refractivity contribution in [3.63, 3.8) is 0 Å². The first-order valence-electron chi connectivity index (χ1n) is 6.36. The van der Waals surface area contributed by atoms with Gasteiger partial charge < -0.3 is 4.98 Å². The van der Waals surface area contributed by atoms with Crippen molar-refractivity contribution in [2.24, 2.45) is 0 Å². The van der Waals surface area contributed by atoms with Crippen LogP contribution in [-0.2, 0) is 0 Å². The molecule has 110 valence electrons. The Labute approximate surface area is 141 Å². The van der Waals surface area contributed by atoms with E-state index in [0.29, 0.717) is 31.8 Å². The Morgan fingerprint density at radius 3 is 2.55 bits per heavy atom. The number of halogens is 3. The fourth-order valence-electron chi connectivity index (χ4n) is 2.00. The number of rotatable bonds is 2. The van der Waals surface area contributed by atoms with Gasteiger partial charge in [-0.2, -0.15) is 0 Å². The second-order valence-corrected chi connectivity index (χ2v) is 5.87. The minimum absolute atomic E-state index is 0.213. The largest absolute Gasteiger partial charge is 0.306 e. The van der Waals surface area contributed by atoms with Crippen LogP contribution >= 0.6 is 34.8 Å². The Morgan fingerprint density at radius 1 is 0.955 bits per heavy atom. The molecular formula is C16H9Cl3N2O. The van der Waals surface area contributed by atoms with Crippen LogP contribution in [0.15, 0.2) is 41.2 Å². The van der Waals surface area contributed by atoms with Gasteiger partial charge in [-0.05, 0) is 42.0 Å². The third kappa shape index (κ3) is 3.17. The molecule has 3 nitrogen and oxygen atoms in total. The Balaban J connectivity index is 2.01. The quantitative estimate of drug-likeness (QED) is 0.702. The molecule has 1 heterocycles. The van der Waals surface area contributed by atoms with Gasteiger partial charge >= 0.3 is 0 Å². The molecule has 0 fully saturated rings. The lowest BCUT2D eigenvalue weighted by Gasteiger charge is -2.00. The van der Waals surface area contributed by atoms with Crippen molar-refractivity contribution in [3.05, 3.63) is 73.2 Å². The van der Waals surface area contributed by atoms with Crippen molar-refractivity contribution in [2.45, 2.75) is 0 Å². The third-order valence-electron chi connectivity index (χ3n) is 3.06. The van der Waals surface area contributed by atoms with Crippen molar-refractivity contribution in [1.29, 1.82) is 0 Å². The molecule has 0 spiro atoms. The molecule has 0 aliphatic heterocycles. The van der Waals surface area contributed by atoms with Crippen molar-refractivity contribution >= 4 is 57.9 Å². The number of hydrogen-bond donors (Lipinski definition) is 1. The molecule has 1 N–H and O–H groups in total. The summed E-state index contributed by atoms with van der Waals surface area (Å²) in [5.74, 6) is 0.436. The summed E-state index contributed by atoms with van der Waals surface area (Å²) < 4.78 is 0. The van der Waals surface area contributed by atoms with Gasteiger partial charge in [0.05, 0.1) is 20.9 Å². The molecule has 0 amide bonds. The zero-order chi connectivity index (χ0) is 15.7. The van der Waals surface area contributed by atoms with Crippen LogP contribution in [0.4, 0.5) is 0 Å². The van der Waals surface area contributed by atoms with Crippen LogP contribution in [0, 0.1) is 0 Å². The van der Waals surface area contributed by atoms with Gasteiger partial charge in [0, 0.05) is 5.02 Å². The minimum atomic E-state index is -0.213. The molecule has 0 bridgehead atoms. The number of H-pyrrole nitrogens is 1. The average molecular weight is 352 g/mol. The highest BCUT2D eigenvalue weighted by Gasteiger charge is 2.03. The van der Waals surface area contributed by atoms with E-state index < -0.39 is 0 Å². The molecule has 6 heteroatoms. The maximum Gasteiger partial charge on any atom is 0.259 e. The van der Waals surface area contributed by atoms with Gasteiger partial charge in [0.15, 0.2) is 0 Å². The summed E-state index contributed by atoms with van der Waals surface area (Å²) in [5, 5.41) is 1.99. The van der Waals surface area contributed by atoms with Gasteiger partial charge in [0.2, 0.25) is 0 Å². The fraction of sp³-hybridized carbons (Fsp3) is 0. The number of nitrogens with one attached hydrogen (secondary N) is 1. The molecule has 22 heavy (non-hydrogen) atoms. The van der Waals surface area contributed by atoms with Crippen molar-refractivity contribution in [3.8, 4) is 0 Å². The lowest BCUT2D eigenvalue weighted by molar-refractivity contribution is 1.14. The molecule has 0 atom stereocenters. The van der Waals surface area contributed by atoms with Crippen LogP contribution in [-0.4, -0.2) is 9.97 Å². The van der Waals surface area contributed by atoms with Gasteiger partial charge in [0.25, 0.3) is 5.56 Å². The van der Waals surface area contributed by atoms with Gasteiger partial charge in [-0.15, -0.1) is 0 Å². The summed E-state index contributed by atoms with van der Waals surface area (Å²) >= 11 is 17.8. The SMILES string of the molecule is O=c1[nH]c(/C=C/c2ccc(Cl)c(Cl)c2)nc2cc(Cl)ccc12. The van der Waals surface area contributed by atoms with Crippen molar-refractivity contribution < 1.29 is 0 Å². The summed E-state index contributed by atoms with van der Waals surface area (Å²) in [6.45, 7) is 0. The summed E-state index contributed by atoms with van der Waals surface area (Å²) in [6.07, 6.45) is 3.48. The lowest BCUT2D eigenvalue weighted by atomic mass is 10.2. The van der Waals surface area contributed by atoms with E-state index in [1.54, 1.807) is 42.5 Å². The minimum Gasteiger partial charge on any atom is -0.306 e. The lowest BCUT2D eigenvalue weighted by Crippen LogP contribution is -2.09. The predicted octanol–water partition coefficient (Wildman–Crippen LogP) is 5.05. The number of aromatic amines is 1. The smallest absolute Gasteiger partial charge is 0.259 e. The molecule has 3 aromatic rings. The number of hydrogen-bond acceptors (Lipinski definition) is 2. The van der Waals surface area contributed by atoms with E-state index in [0.717, 1.165) is 5.56 Å². The summed E-state index contributed by atoms with van der Waals surface area (Å²) in [6, 6.07) is 10.2. The van der Waals surface area contributed by atoms with Crippen LogP contribution in [0.25, 0.3) is 23.1 Å². The molecule has 0 saturated carbocycles. The molecule has 0 aliphatic rings. The second-order valence-electron chi connectivity index (χ2n) is 4.62. The van der Waals surface area contributed by atoms with Crippen LogP contribution in [0.2, 0.25) is 15.1 Å². The Bertz CT molecular complexity index is 948. The molecule has 0 unspecified atom stereocenters. The number of benzene rings is 2. The van der Waals surface area contributed by atoms with Crippen molar-refractivity contribution in [2.75, 3.05) is 0 Å². The number of aromatic nitrogens is 2. The van der Waals surface area contributed by atoms with E-state index in [1.165, 1.54) is 0 Å². The fourth-order valence-corrected chi connectivity index (χ4v) is 2.47. The standard InChI is InChI=1S/C16H9Cl3N2O/c17-10-3-4-11-14(8-10)20-15(21-16(11)22)6-2-9-1-5-12(18)13(19)7-9/h1-8H,(H,20,21,22)/b6-2+. The van der Waals surface area contributed by atoms with Gasteiger partial charge in [-0.1, -0.05) is 46.9 Å².